The zero-order valence-corrected chi connectivity index (χ0v) is 17.9. The number of ether oxygens (including phenoxy) is 3. The lowest BCUT2D eigenvalue weighted by Crippen LogP contribution is -2.71. The molecule has 2 aliphatic carbocycles. The van der Waals surface area contributed by atoms with E-state index in [1.165, 1.54) is 0 Å². The molecule has 4 rings (SSSR count). The first-order valence-corrected chi connectivity index (χ1v) is 10.9. The Balaban J connectivity index is 1.73. The van der Waals surface area contributed by atoms with Crippen LogP contribution < -0.4 is 0 Å². The molecule has 8 atom stereocenters. The second kappa shape index (κ2) is 6.48. The number of hydrogen-bond donors (Lipinski definition) is 2. The van der Waals surface area contributed by atoms with Gasteiger partial charge in [-0.3, -0.25) is 4.79 Å². The normalized spacial score (nSPS) is 53.1. The number of ketones is 1. The molecule has 4 fully saturated rings. The third-order valence-electron chi connectivity index (χ3n) is 8.70. The van der Waals surface area contributed by atoms with Crippen LogP contribution in [0, 0.1) is 22.7 Å². The van der Waals surface area contributed by atoms with E-state index in [9.17, 15) is 15.0 Å². The van der Waals surface area contributed by atoms with Crippen LogP contribution in [0.2, 0.25) is 0 Å². The summed E-state index contributed by atoms with van der Waals surface area (Å²) in [4.78, 5) is 13.3. The van der Waals surface area contributed by atoms with Gasteiger partial charge in [0.15, 0.2) is 12.1 Å². The maximum atomic E-state index is 13.3. The fourth-order valence-electron chi connectivity index (χ4n) is 7.12. The number of aliphatic hydroxyl groups is 2. The summed E-state index contributed by atoms with van der Waals surface area (Å²) < 4.78 is 18.5. The summed E-state index contributed by atoms with van der Waals surface area (Å²) in [6.07, 6.45) is 1.81. The third kappa shape index (κ3) is 2.54. The number of carbonyl (C=O) groups excluding carboxylic acids is 1. The van der Waals surface area contributed by atoms with Crippen LogP contribution in [0.15, 0.2) is 0 Å². The molecule has 6 heteroatoms. The molecule has 0 radical (unpaired) electrons. The van der Waals surface area contributed by atoms with Crippen LogP contribution in [0.25, 0.3) is 0 Å². The van der Waals surface area contributed by atoms with Gasteiger partial charge in [-0.1, -0.05) is 27.7 Å². The van der Waals surface area contributed by atoms with Crippen LogP contribution in [0.4, 0.5) is 0 Å². The van der Waals surface area contributed by atoms with Crippen LogP contribution in [0.5, 0.6) is 0 Å². The topological polar surface area (TPSA) is 85.2 Å². The van der Waals surface area contributed by atoms with E-state index >= 15 is 0 Å². The average Bonchev–Trinajstić information content (AvgIpc) is 3.21. The Hall–Kier alpha value is -0.530. The molecule has 2 spiro atoms. The van der Waals surface area contributed by atoms with Gasteiger partial charge in [-0.25, -0.2) is 0 Å². The molecule has 4 aliphatic rings. The number of Topliss-reactive ketones (excluding diaryl/α,β-unsaturated/α-hetero) is 1. The van der Waals surface area contributed by atoms with Crippen molar-refractivity contribution in [2.45, 2.75) is 96.4 Å². The molecule has 0 aromatic heterocycles. The molecule has 2 N–H and O–H groups in total. The average molecular weight is 397 g/mol. The Bertz CT molecular complexity index is 649. The summed E-state index contributed by atoms with van der Waals surface area (Å²) in [6.45, 7) is 11.1. The lowest BCUT2D eigenvalue weighted by Gasteiger charge is -2.64. The predicted octanol–water partition coefficient (Wildman–Crippen LogP) is 2.44. The monoisotopic (exact) mass is 396 g/mol. The molecule has 6 nitrogen and oxygen atoms in total. The second-order valence-corrected chi connectivity index (χ2v) is 10.4. The quantitative estimate of drug-likeness (QED) is 0.746. The molecular formula is C22H36O6. The molecule has 2 saturated carbocycles. The fourth-order valence-corrected chi connectivity index (χ4v) is 7.12. The van der Waals surface area contributed by atoms with Gasteiger partial charge in [0, 0.05) is 35.7 Å². The van der Waals surface area contributed by atoms with Crippen molar-refractivity contribution in [1.29, 1.82) is 0 Å². The minimum atomic E-state index is -1.07. The number of fused-ring (bicyclic) bond motifs is 2. The molecule has 0 aromatic rings. The van der Waals surface area contributed by atoms with E-state index in [1.54, 1.807) is 0 Å². The summed E-state index contributed by atoms with van der Waals surface area (Å²) in [5.74, 6) is -0.864. The largest absolute Gasteiger partial charge is 0.393 e. The van der Waals surface area contributed by atoms with E-state index in [4.69, 9.17) is 14.2 Å². The van der Waals surface area contributed by atoms with Crippen LogP contribution in [-0.4, -0.2) is 58.9 Å². The Kier molecular flexibility index (Phi) is 4.80. The standard InChI is InChI=1S/C22H36O6/c1-6-26-15-11-21(12-27-15)9-10-22(28-21)13(2)16(24)17(25)18-19(3,4)14(23)7-8-20(18,22)5/h13-16,18,23-24H,6-12H2,1-5H3/t13-,14-,15-,16-,18+,20+,21+,22-/m1/s1. The Morgan fingerprint density at radius 2 is 1.89 bits per heavy atom. The van der Waals surface area contributed by atoms with Gasteiger partial charge in [0.05, 0.1) is 23.9 Å². The summed E-state index contributed by atoms with van der Waals surface area (Å²) in [5.41, 5.74) is -2.05. The minimum Gasteiger partial charge on any atom is -0.393 e. The maximum absolute atomic E-state index is 13.3. The molecular weight excluding hydrogens is 360 g/mol. The van der Waals surface area contributed by atoms with Crippen LogP contribution in [0.1, 0.15) is 66.7 Å². The SMILES string of the molecule is CCO[C@H]1C[C@@]2(CC[C@@]3(O2)[C@H](C)[C@@H](O)C(=O)[C@H]2C(C)(C)[C@H](O)CC[C@@]23C)CO1. The van der Waals surface area contributed by atoms with Crippen molar-refractivity contribution < 1.29 is 29.2 Å². The van der Waals surface area contributed by atoms with Gasteiger partial charge < -0.3 is 24.4 Å². The smallest absolute Gasteiger partial charge is 0.166 e. The zero-order valence-electron chi connectivity index (χ0n) is 17.9. The van der Waals surface area contributed by atoms with Gasteiger partial charge in [-0.2, -0.15) is 0 Å². The van der Waals surface area contributed by atoms with Gasteiger partial charge in [0.2, 0.25) is 0 Å². The van der Waals surface area contributed by atoms with Crippen LogP contribution in [-0.2, 0) is 19.0 Å². The first kappa shape index (κ1) is 20.7. The molecule has 0 aromatic carbocycles. The van der Waals surface area contributed by atoms with Crippen molar-refractivity contribution in [3.63, 3.8) is 0 Å². The first-order chi connectivity index (χ1) is 13.0. The summed E-state index contributed by atoms with van der Waals surface area (Å²) in [6, 6.07) is 0. The molecule has 2 saturated heterocycles. The molecule has 28 heavy (non-hydrogen) atoms. The lowest BCUT2D eigenvalue weighted by atomic mass is 9.43. The molecule has 160 valence electrons. The molecule has 2 aliphatic heterocycles. The van der Waals surface area contributed by atoms with Crippen LogP contribution >= 0.6 is 0 Å². The number of rotatable bonds is 2. The molecule has 2 heterocycles. The molecule has 0 bridgehead atoms. The highest BCUT2D eigenvalue weighted by molar-refractivity contribution is 5.88. The van der Waals surface area contributed by atoms with Crippen molar-refractivity contribution in [3.8, 4) is 0 Å². The molecule has 0 amide bonds. The van der Waals surface area contributed by atoms with Crippen molar-refractivity contribution in [1.82, 2.24) is 0 Å². The number of aliphatic hydroxyl groups excluding tert-OH is 2. The van der Waals surface area contributed by atoms with Crippen molar-refractivity contribution in [2.24, 2.45) is 22.7 Å². The Labute approximate surface area is 167 Å². The van der Waals surface area contributed by atoms with Crippen molar-refractivity contribution in [2.75, 3.05) is 13.2 Å². The van der Waals surface area contributed by atoms with Gasteiger partial charge in [-0.15, -0.1) is 0 Å². The summed E-state index contributed by atoms with van der Waals surface area (Å²) in [5, 5.41) is 21.6. The highest BCUT2D eigenvalue weighted by Gasteiger charge is 2.73. The highest BCUT2D eigenvalue weighted by Crippen LogP contribution is 2.67. The van der Waals surface area contributed by atoms with Gasteiger partial charge in [-0.05, 0) is 32.6 Å². The number of carbonyl (C=O) groups is 1. The van der Waals surface area contributed by atoms with E-state index in [-0.39, 0.29) is 18.0 Å². The van der Waals surface area contributed by atoms with Crippen molar-refractivity contribution in [3.05, 3.63) is 0 Å². The maximum Gasteiger partial charge on any atom is 0.166 e. The number of hydrogen-bond acceptors (Lipinski definition) is 6. The summed E-state index contributed by atoms with van der Waals surface area (Å²) in [7, 11) is 0. The van der Waals surface area contributed by atoms with E-state index in [2.05, 4.69) is 6.92 Å². The van der Waals surface area contributed by atoms with E-state index in [1.807, 2.05) is 27.7 Å². The minimum absolute atomic E-state index is 0.135. The predicted molar refractivity (Wildman–Crippen MR) is 103 cm³/mol. The highest BCUT2D eigenvalue weighted by atomic mass is 16.7. The van der Waals surface area contributed by atoms with Crippen molar-refractivity contribution >= 4 is 5.78 Å². The third-order valence-corrected chi connectivity index (χ3v) is 8.70. The molecule has 0 unspecified atom stereocenters. The lowest BCUT2D eigenvalue weighted by molar-refractivity contribution is -0.265. The van der Waals surface area contributed by atoms with E-state index in [0.717, 1.165) is 19.3 Å². The zero-order chi connectivity index (χ0) is 20.5. The second-order valence-electron chi connectivity index (χ2n) is 10.4. The van der Waals surface area contributed by atoms with E-state index in [0.29, 0.717) is 26.1 Å². The van der Waals surface area contributed by atoms with Gasteiger partial charge >= 0.3 is 0 Å². The van der Waals surface area contributed by atoms with Crippen LogP contribution in [0.3, 0.4) is 0 Å². The van der Waals surface area contributed by atoms with E-state index < -0.39 is 40.2 Å². The van der Waals surface area contributed by atoms with Gasteiger partial charge in [0.1, 0.15) is 6.10 Å². The fraction of sp³-hybridized carbons (Fsp3) is 0.955. The first-order valence-electron chi connectivity index (χ1n) is 10.9. The van der Waals surface area contributed by atoms with Gasteiger partial charge in [0.25, 0.3) is 0 Å². The summed E-state index contributed by atoms with van der Waals surface area (Å²) >= 11 is 0. The Morgan fingerprint density at radius 3 is 2.57 bits per heavy atom. The Morgan fingerprint density at radius 1 is 1.18 bits per heavy atom.